The van der Waals surface area contributed by atoms with Crippen LogP contribution in [0.1, 0.15) is 0 Å². The molecule has 0 amide bonds. The first-order valence-electron chi connectivity index (χ1n) is 7.22. The van der Waals surface area contributed by atoms with E-state index in [1.807, 2.05) is 48.8 Å². The molecule has 1 aromatic carbocycles. The van der Waals surface area contributed by atoms with Crippen molar-refractivity contribution >= 4 is 22.4 Å². The Hall–Kier alpha value is -3.28. The van der Waals surface area contributed by atoms with Gasteiger partial charge in [0.2, 0.25) is 0 Å². The van der Waals surface area contributed by atoms with E-state index in [0.717, 1.165) is 33.8 Å². The first-order chi connectivity index (χ1) is 11.3. The lowest BCUT2D eigenvalue weighted by Crippen LogP contribution is -1.99. The highest BCUT2D eigenvalue weighted by atomic mass is 16.5. The SMILES string of the molecule is COc1cc(Nc2ccnc3cc[nH]c23)cc(-n2cccn2)c1. The first-order valence-corrected chi connectivity index (χ1v) is 7.22. The topological polar surface area (TPSA) is 67.8 Å². The molecule has 4 rings (SSSR count). The molecule has 2 N–H and O–H groups in total. The van der Waals surface area contributed by atoms with Crippen molar-refractivity contribution in [2.75, 3.05) is 12.4 Å². The van der Waals surface area contributed by atoms with E-state index in [0.29, 0.717) is 0 Å². The number of nitrogens with one attached hydrogen (secondary N) is 2. The Labute approximate surface area is 132 Å². The highest BCUT2D eigenvalue weighted by Crippen LogP contribution is 2.28. The average Bonchev–Trinajstić information content (AvgIpc) is 3.26. The van der Waals surface area contributed by atoms with Gasteiger partial charge in [0.1, 0.15) is 5.75 Å². The first kappa shape index (κ1) is 13.4. The number of fused-ring (bicyclic) bond motifs is 1. The fraction of sp³-hybridized carbons (Fsp3) is 0.0588. The van der Waals surface area contributed by atoms with E-state index in [1.165, 1.54) is 0 Å². The molecule has 0 unspecified atom stereocenters. The summed E-state index contributed by atoms with van der Waals surface area (Å²) in [4.78, 5) is 7.53. The standard InChI is InChI=1S/C17H15N5O/c1-23-14-10-12(9-13(11-14)22-8-2-5-20-22)21-16-4-6-18-15-3-7-19-17(15)16/h2-11,19H,1H3,(H,18,21). The van der Waals surface area contributed by atoms with Crippen LogP contribution in [0.4, 0.5) is 11.4 Å². The summed E-state index contributed by atoms with van der Waals surface area (Å²) >= 11 is 0. The molecule has 0 aliphatic heterocycles. The molecule has 0 aliphatic carbocycles. The van der Waals surface area contributed by atoms with Crippen LogP contribution in [0.5, 0.6) is 5.75 Å². The summed E-state index contributed by atoms with van der Waals surface area (Å²) in [7, 11) is 1.65. The van der Waals surface area contributed by atoms with Crippen LogP contribution in [-0.4, -0.2) is 26.9 Å². The molecule has 4 aromatic rings. The number of aromatic nitrogens is 4. The molecule has 0 saturated carbocycles. The molecule has 0 aliphatic rings. The van der Waals surface area contributed by atoms with Gasteiger partial charge in [0.25, 0.3) is 0 Å². The highest BCUT2D eigenvalue weighted by molar-refractivity contribution is 5.90. The summed E-state index contributed by atoms with van der Waals surface area (Å²) < 4.78 is 7.20. The number of rotatable bonds is 4. The molecule has 3 heterocycles. The third kappa shape index (κ3) is 2.50. The molecular weight excluding hydrogens is 290 g/mol. The van der Waals surface area contributed by atoms with Gasteiger partial charge in [-0.3, -0.25) is 4.98 Å². The molecule has 0 fully saturated rings. The molecule has 0 atom stereocenters. The van der Waals surface area contributed by atoms with Crippen molar-refractivity contribution in [2.45, 2.75) is 0 Å². The van der Waals surface area contributed by atoms with Crippen molar-refractivity contribution in [2.24, 2.45) is 0 Å². The fourth-order valence-corrected chi connectivity index (χ4v) is 2.55. The van der Waals surface area contributed by atoms with Crippen LogP contribution in [0.2, 0.25) is 0 Å². The van der Waals surface area contributed by atoms with Crippen molar-refractivity contribution in [3.05, 3.63) is 61.2 Å². The molecular formula is C17H15N5O. The Bertz CT molecular complexity index is 943. The van der Waals surface area contributed by atoms with E-state index >= 15 is 0 Å². The fourth-order valence-electron chi connectivity index (χ4n) is 2.55. The molecule has 0 bridgehead atoms. The molecule has 3 aromatic heterocycles. The number of hydrogen-bond donors (Lipinski definition) is 2. The van der Waals surface area contributed by atoms with Gasteiger partial charge < -0.3 is 15.0 Å². The lowest BCUT2D eigenvalue weighted by Gasteiger charge is -2.12. The monoisotopic (exact) mass is 305 g/mol. The highest BCUT2D eigenvalue weighted by Gasteiger charge is 2.07. The molecule has 23 heavy (non-hydrogen) atoms. The Kier molecular flexibility index (Phi) is 3.20. The molecule has 0 spiro atoms. The average molecular weight is 305 g/mol. The summed E-state index contributed by atoms with van der Waals surface area (Å²) in [5.41, 5.74) is 4.69. The number of methoxy groups -OCH3 is 1. The Morgan fingerprint density at radius 3 is 2.96 bits per heavy atom. The number of aromatic amines is 1. The molecule has 0 radical (unpaired) electrons. The van der Waals surface area contributed by atoms with Crippen molar-refractivity contribution in [1.29, 1.82) is 0 Å². The number of pyridine rings is 1. The lowest BCUT2D eigenvalue weighted by molar-refractivity contribution is 0.414. The van der Waals surface area contributed by atoms with Gasteiger partial charge in [0.05, 0.1) is 29.5 Å². The van der Waals surface area contributed by atoms with Gasteiger partial charge >= 0.3 is 0 Å². The Morgan fingerprint density at radius 2 is 2.13 bits per heavy atom. The minimum atomic E-state index is 0.761. The minimum Gasteiger partial charge on any atom is -0.497 e. The predicted octanol–water partition coefficient (Wildman–Crippen LogP) is 3.50. The van der Waals surface area contributed by atoms with Crippen molar-refractivity contribution in [1.82, 2.24) is 19.7 Å². The second-order valence-electron chi connectivity index (χ2n) is 5.09. The largest absolute Gasteiger partial charge is 0.497 e. The Balaban J connectivity index is 1.76. The summed E-state index contributed by atoms with van der Waals surface area (Å²) in [6, 6.07) is 11.7. The quantitative estimate of drug-likeness (QED) is 0.605. The van der Waals surface area contributed by atoms with E-state index < -0.39 is 0 Å². The maximum Gasteiger partial charge on any atom is 0.123 e. The zero-order chi connectivity index (χ0) is 15.6. The van der Waals surface area contributed by atoms with Crippen molar-refractivity contribution < 1.29 is 4.74 Å². The second-order valence-corrected chi connectivity index (χ2v) is 5.09. The normalized spacial score (nSPS) is 10.8. The van der Waals surface area contributed by atoms with E-state index in [-0.39, 0.29) is 0 Å². The summed E-state index contributed by atoms with van der Waals surface area (Å²) in [5, 5.41) is 7.69. The van der Waals surface area contributed by atoms with Crippen LogP contribution in [0.15, 0.2) is 61.2 Å². The van der Waals surface area contributed by atoms with Gasteiger partial charge in [-0.25, -0.2) is 4.68 Å². The number of ether oxygens (including phenoxy) is 1. The molecule has 6 nitrogen and oxygen atoms in total. The van der Waals surface area contributed by atoms with E-state index in [2.05, 4.69) is 20.4 Å². The van der Waals surface area contributed by atoms with Crippen molar-refractivity contribution in [3.8, 4) is 11.4 Å². The van der Waals surface area contributed by atoms with Crippen LogP contribution in [0.3, 0.4) is 0 Å². The van der Waals surface area contributed by atoms with Crippen LogP contribution < -0.4 is 10.1 Å². The van der Waals surface area contributed by atoms with Crippen LogP contribution in [0, 0.1) is 0 Å². The predicted molar refractivity (Wildman–Crippen MR) is 89.5 cm³/mol. The second kappa shape index (κ2) is 5.49. The Morgan fingerprint density at radius 1 is 1.17 bits per heavy atom. The van der Waals surface area contributed by atoms with E-state index in [4.69, 9.17) is 4.74 Å². The lowest BCUT2D eigenvalue weighted by atomic mass is 10.2. The maximum absolute atomic E-state index is 5.40. The third-order valence-corrected chi connectivity index (χ3v) is 3.62. The number of anilines is 2. The zero-order valence-corrected chi connectivity index (χ0v) is 12.5. The minimum absolute atomic E-state index is 0.761. The number of hydrogen-bond acceptors (Lipinski definition) is 4. The zero-order valence-electron chi connectivity index (χ0n) is 12.5. The van der Waals surface area contributed by atoms with Crippen molar-refractivity contribution in [3.63, 3.8) is 0 Å². The number of H-pyrrole nitrogens is 1. The summed E-state index contributed by atoms with van der Waals surface area (Å²) in [5.74, 6) is 0.761. The van der Waals surface area contributed by atoms with Crippen LogP contribution in [0.25, 0.3) is 16.7 Å². The molecule has 6 heteroatoms. The summed E-state index contributed by atoms with van der Waals surface area (Å²) in [6.07, 6.45) is 7.31. The van der Waals surface area contributed by atoms with Crippen LogP contribution >= 0.6 is 0 Å². The van der Waals surface area contributed by atoms with Gasteiger partial charge in [0.15, 0.2) is 0 Å². The van der Waals surface area contributed by atoms with Gasteiger partial charge in [0, 0.05) is 42.6 Å². The van der Waals surface area contributed by atoms with Gasteiger partial charge in [-0.15, -0.1) is 0 Å². The third-order valence-electron chi connectivity index (χ3n) is 3.62. The maximum atomic E-state index is 5.40. The summed E-state index contributed by atoms with van der Waals surface area (Å²) in [6.45, 7) is 0. The van der Waals surface area contributed by atoms with Gasteiger partial charge in [-0.05, 0) is 24.3 Å². The van der Waals surface area contributed by atoms with E-state index in [9.17, 15) is 0 Å². The van der Waals surface area contributed by atoms with Crippen LogP contribution in [-0.2, 0) is 0 Å². The molecule has 114 valence electrons. The molecule has 0 saturated heterocycles. The van der Waals surface area contributed by atoms with Gasteiger partial charge in [-0.2, -0.15) is 5.10 Å². The van der Waals surface area contributed by atoms with Gasteiger partial charge in [-0.1, -0.05) is 0 Å². The van der Waals surface area contributed by atoms with E-state index in [1.54, 1.807) is 24.2 Å². The number of benzene rings is 1. The smallest absolute Gasteiger partial charge is 0.123 e. The number of nitrogens with zero attached hydrogens (tertiary/aromatic N) is 3.